The van der Waals surface area contributed by atoms with E-state index in [9.17, 15) is 0 Å². The van der Waals surface area contributed by atoms with Crippen LogP contribution in [0.5, 0.6) is 0 Å². The molecule has 3 heteroatoms. The Balaban J connectivity index is 2.36. The molecule has 1 heterocycles. The summed E-state index contributed by atoms with van der Waals surface area (Å²) in [7, 11) is 0. The molecule has 78 valence electrons. The predicted octanol–water partition coefficient (Wildman–Crippen LogP) is 2.86. The largest absolute Gasteiger partial charge is 0.381 e. The highest BCUT2D eigenvalue weighted by molar-refractivity contribution is 5.41. The second-order valence-corrected chi connectivity index (χ2v) is 4.99. The number of aromatic nitrogens is 1. The van der Waals surface area contributed by atoms with E-state index in [1.807, 2.05) is 6.92 Å². The van der Waals surface area contributed by atoms with E-state index in [1.165, 1.54) is 19.3 Å². The molecule has 0 bridgehead atoms. The van der Waals surface area contributed by atoms with Crippen LogP contribution in [0.2, 0.25) is 0 Å². The summed E-state index contributed by atoms with van der Waals surface area (Å²) in [4.78, 5) is 0. The minimum absolute atomic E-state index is 0.330. The van der Waals surface area contributed by atoms with Gasteiger partial charge >= 0.3 is 0 Å². The van der Waals surface area contributed by atoms with Crippen LogP contribution in [0.1, 0.15) is 50.4 Å². The Hall–Kier alpha value is -0.990. The van der Waals surface area contributed by atoms with Crippen molar-refractivity contribution in [3.05, 3.63) is 11.3 Å². The maximum absolute atomic E-state index is 5.69. The Morgan fingerprint density at radius 2 is 2.21 bits per heavy atom. The molecular weight excluding hydrogens is 176 g/mol. The van der Waals surface area contributed by atoms with Crippen molar-refractivity contribution in [1.29, 1.82) is 0 Å². The van der Waals surface area contributed by atoms with E-state index in [0.717, 1.165) is 11.3 Å². The molecule has 0 amide bonds. The third-order valence-electron chi connectivity index (χ3n) is 3.57. The summed E-state index contributed by atoms with van der Waals surface area (Å²) >= 11 is 0. The maximum atomic E-state index is 5.69. The summed E-state index contributed by atoms with van der Waals surface area (Å²) in [6.07, 6.45) is 3.73. The Kier molecular flexibility index (Phi) is 2.05. The smallest absolute Gasteiger partial charge is 0.170 e. The second-order valence-electron chi connectivity index (χ2n) is 4.99. The molecule has 1 aliphatic rings. The molecule has 1 unspecified atom stereocenters. The lowest BCUT2D eigenvalue weighted by Crippen LogP contribution is -2.15. The fraction of sp³-hybridized carbons (Fsp3) is 0.727. The van der Waals surface area contributed by atoms with Crippen LogP contribution in [0.3, 0.4) is 0 Å². The van der Waals surface area contributed by atoms with Crippen LogP contribution in [0.4, 0.5) is 5.82 Å². The number of nitrogens with zero attached hydrogens (tertiary/aromatic N) is 1. The van der Waals surface area contributed by atoms with E-state index < -0.39 is 0 Å². The number of hydrogen-bond acceptors (Lipinski definition) is 3. The molecule has 2 rings (SSSR count). The summed E-state index contributed by atoms with van der Waals surface area (Å²) in [6.45, 7) is 6.58. The molecular formula is C11H18N2O. The zero-order valence-corrected chi connectivity index (χ0v) is 9.13. The van der Waals surface area contributed by atoms with Crippen molar-refractivity contribution in [3.8, 4) is 0 Å². The first-order valence-electron chi connectivity index (χ1n) is 5.24. The topological polar surface area (TPSA) is 52.0 Å². The van der Waals surface area contributed by atoms with Gasteiger partial charge in [-0.3, -0.25) is 0 Å². The molecule has 3 nitrogen and oxygen atoms in total. The zero-order chi connectivity index (χ0) is 10.3. The summed E-state index contributed by atoms with van der Waals surface area (Å²) in [6, 6.07) is 0. The molecule has 1 saturated carbocycles. The minimum Gasteiger partial charge on any atom is -0.381 e. The van der Waals surface area contributed by atoms with Gasteiger partial charge < -0.3 is 10.3 Å². The highest BCUT2D eigenvalue weighted by atomic mass is 16.5. The molecule has 1 fully saturated rings. The van der Waals surface area contributed by atoms with Gasteiger partial charge in [0.1, 0.15) is 5.76 Å². The zero-order valence-electron chi connectivity index (χ0n) is 9.13. The van der Waals surface area contributed by atoms with Gasteiger partial charge in [-0.15, -0.1) is 0 Å². The van der Waals surface area contributed by atoms with Crippen LogP contribution in [0.25, 0.3) is 0 Å². The summed E-state index contributed by atoms with van der Waals surface area (Å²) in [5.74, 6) is 2.04. The molecule has 1 atom stereocenters. The van der Waals surface area contributed by atoms with Crippen LogP contribution in [-0.2, 0) is 0 Å². The highest BCUT2D eigenvalue weighted by Gasteiger charge is 2.39. The highest BCUT2D eigenvalue weighted by Crippen LogP contribution is 2.49. The molecule has 0 radical (unpaired) electrons. The number of hydrogen-bond donors (Lipinski definition) is 1. The van der Waals surface area contributed by atoms with Gasteiger partial charge in [0.25, 0.3) is 0 Å². The van der Waals surface area contributed by atoms with Crippen LogP contribution in [-0.4, -0.2) is 5.16 Å². The number of nitrogens with two attached hydrogens (primary N) is 1. The average Bonchev–Trinajstić information content (AvgIpc) is 2.59. The molecule has 1 aromatic heterocycles. The first-order valence-corrected chi connectivity index (χ1v) is 5.24. The quantitative estimate of drug-likeness (QED) is 0.747. The molecule has 0 saturated heterocycles. The molecule has 14 heavy (non-hydrogen) atoms. The molecule has 2 N–H and O–H groups in total. The summed E-state index contributed by atoms with van der Waals surface area (Å²) in [5, 5.41) is 3.83. The third-order valence-corrected chi connectivity index (χ3v) is 3.57. The Morgan fingerprint density at radius 1 is 1.50 bits per heavy atom. The van der Waals surface area contributed by atoms with Gasteiger partial charge in [-0.1, -0.05) is 25.4 Å². The van der Waals surface area contributed by atoms with Gasteiger partial charge in [-0.2, -0.15) is 0 Å². The molecule has 1 aromatic rings. The van der Waals surface area contributed by atoms with Crippen molar-refractivity contribution in [2.24, 2.45) is 5.41 Å². The number of anilines is 1. The van der Waals surface area contributed by atoms with Gasteiger partial charge in [0, 0.05) is 11.5 Å². The fourth-order valence-electron chi connectivity index (χ4n) is 2.50. The fourth-order valence-corrected chi connectivity index (χ4v) is 2.50. The van der Waals surface area contributed by atoms with Crippen molar-refractivity contribution >= 4 is 5.82 Å². The second kappa shape index (κ2) is 3.01. The van der Waals surface area contributed by atoms with Gasteiger partial charge in [0.15, 0.2) is 5.82 Å². The van der Waals surface area contributed by atoms with E-state index in [2.05, 4.69) is 19.0 Å². The van der Waals surface area contributed by atoms with Crippen LogP contribution < -0.4 is 5.73 Å². The normalized spacial score (nSPS) is 25.5. The maximum Gasteiger partial charge on any atom is 0.170 e. The van der Waals surface area contributed by atoms with Crippen molar-refractivity contribution in [2.75, 3.05) is 5.73 Å². The average molecular weight is 194 g/mol. The van der Waals surface area contributed by atoms with E-state index in [-0.39, 0.29) is 0 Å². The van der Waals surface area contributed by atoms with E-state index >= 15 is 0 Å². The standard InChI is InChI=1S/C11H18N2O/c1-7-9(14-13-10(7)12)8-5-4-6-11(8,2)3/h8H,4-6H2,1-3H3,(H2,12,13). The first kappa shape index (κ1) is 9.56. The third kappa shape index (κ3) is 1.31. The van der Waals surface area contributed by atoms with Crippen molar-refractivity contribution < 1.29 is 4.52 Å². The lowest BCUT2D eigenvalue weighted by Gasteiger charge is -2.24. The lowest BCUT2D eigenvalue weighted by molar-refractivity contribution is 0.267. The van der Waals surface area contributed by atoms with Gasteiger partial charge in [0.2, 0.25) is 0 Å². The number of nitrogen functional groups attached to an aromatic ring is 1. The molecule has 0 aromatic carbocycles. The van der Waals surface area contributed by atoms with E-state index in [0.29, 0.717) is 17.2 Å². The van der Waals surface area contributed by atoms with Gasteiger partial charge in [-0.05, 0) is 25.2 Å². The first-order chi connectivity index (χ1) is 6.52. The SMILES string of the molecule is Cc1c(N)noc1C1CCCC1(C)C. The molecule has 0 aliphatic heterocycles. The summed E-state index contributed by atoms with van der Waals surface area (Å²) in [5.41, 5.74) is 7.05. The van der Waals surface area contributed by atoms with Crippen molar-refractivity contribution in [2.45, 2.75) is 46.0 Å². The number of rotatable bonds is 1. The van der Waals surface area contributed by atoms with Gasteiger partial charge in [0.05, 0.1) is 0 Å². The predicted molar refractivity (Wildman–Crippen MR) is 56.0 cm³/mol. The van der Waals surface area contributed by atoms with Crippen molar-refractivity contribution in [3.63, 3.8) is 0 Å². The molecule has 0 spiro atoms. The Bertz CT molecular complexity index is 341. The Labute approximate surface area is 84.7 Å². The lowest BCUT2D eigenvalue weighted by atomic mass is 9.79. The van der Waals surface area contributed by atoms with Crippen molar-refractivity contribution in [1.82, 2.24) is 5.16 Å². The Morgan fingerprint density at radius 3 is 2.64 bits per heavy atom. The van der Waals surface area contributed by atoms with Crippen LogP contribution in [0.15, 0.2) is 4.52 Å². The van der Waals surface area contributed by atoms with E-state index in [1.54, 1.807) is 0 Å². The summed E-state index contributed by atoms with van der Waals surface area (Å²) < 4.78 is 5.34. The van der Waals surface area contributed by atoms with Crippen LogP contribution in [0, 0.1) is 12.3 Å². The minimum atomic E-state index is 0.330. The molecule has 1 aliphatic carbocycles. The van der Waals surface area contributed by atoms with E-state index in [4.69, 9.17) is 10.3 Å². The monoisotopic (exact) mass is 194 g/mol. The van der Waals surface area contributed by atoms with Gasteiger partial charge in [-0.25, -0.2) is 0 Å². The van der Waals surface area contributed by atoms with Crippen LogP contribution >= 0.6 is 0 Å².